The summed E-state index contributed by atoms with van der Waals surface area (Å²) in [6.45, 7) is 7.39. The number of ether oxygens (including phenoxy) is 4. The van der Waals surface area contributed by atoms with Gasteiger partial charge in [-0.05, 0) is 31.6 Å². The Morgan fingerprint density at radius 1 is 0.248 bits per heavy atom. The molecule has 0 aromatic rings. The summed E-state index contributed by atoms with van der Waals surface area (Å²) in [5.74, 6) is -1.32. The summed E-state index contributed by atoms with van der Waals surface area (Å²) in [5.41, 5.74) is 0. The van der Waals surface area contributed by atoms with Crippen LogP contribution in [0.1, 0.15) is 490 Å². The predicted octanol–water partition coefficient (Wildman–Crippen LogP) is 27.9. The van der Waals surface area contributed by atoms with Crippen LogP contribution in [0.3, 0.4) is 0 Å². The molecule has 17 nitrogen and oxygen atoms in total. The van der Waals surface area contributed by atoms with E-state index in [-0.39, 0.29) is 25.7 Å². The Hall–Kier alpha value is -1.94. The molecule has 0 aromatic heterocycles. The number of hydrogen-bond donors (Lipinski definition) is 3. The minimum atomic E-state index is -4.97. The van der Waals surface area contributed by atoms with Gasteiger partial charge in [0.25, 0.3) is 0 Å². The van der Waals surface area contributed by atoms with Crippen molar-refractivity contribution in [2.75, 3.05) is 39.6 Å². The Kier molecular flexibility index (Phi) is 81.1. The minimum Gasteiger partial charge on any atom is -0.462 e. The van der Waals surface area contributed by atoms with E-state index in [0.29, 0.717) is 25.7 Å². The average Bonchev–Trinajstić information content (AvgIpc) is 0.899. The third-order valence-corrected chi connectivity index (χ3v) is 23.2. The Balaban J connectivity index is 5.23. The number of esters is 4. The molecule has 0 aliphatic rings. The van der Waals surface area contributed by atoms with E-state index in [9.17, 15) is 43.2 Å². The zero-order chi connectivity index (χ0) is 79.7. The molecule has 0 aliphatic heterocycles. The van der Waals surface area contributed by atoms with Crippen molar-refractivity contribution in [3.63, 3.8) is 0 Å². The van der Waals surface area contributed by atoms with Crippen LogP contribution in [0.15, 0.2) is 0 Å². The van der Waals surface area contributed by atoms with Crippen molar-refractivity contribution in [2.45, 2.75) is 509 Å². The van der Waals surface area contributed by atoms with Crippen LogP contribution in [-0.2, 0) is 65.4 Å². The van der Waals surface area contributed by atoms with E-state index in [1.807, 2.05) is 0 Å². The van der Waals surface area contributed by atoms with Gasteiger partial charge in [-0.15, -0.1) is 0 Å². The van der Waals surface area contributed by atoms with Gasteiger partial charge in [0, 0.05) is 25.7 Å². The van der Waals surface area contributed by atoms with Crippen molar-refractivity contribution in [1.29, 1.82) is 0 Å². The first-order valence-electron chi connectivity index (χ1n) is 46.6. The Morgan fingerprint density at radius 2 is 0.422 bits per heavy atom. The van der Waals surface area contributed by atoms with Gasteiger partial charge in [-0.25, -0.2) is 9.13 Å². The first kappa shape index (κ1) is 107. The van der Waals surface area contributed by atoms with E-state index in [1.54, 1.807) is 0 Å². The second-order valence-corrected chi connectivity index (χ2v) is 35.7. The molecule has 0 aliphatic carbocycles. The van der Waals surface area contributed by atoms with Crippen LogP contribution < -0.4 is 0 Å². The summed E-state index contributed by atoms with van der Waals surface area (Å²) >= 11 is 0. The lowest BCUT2D eigenvalue weighted by molar-refractivity contribution is -0.161. The number of phosphoric acid groups is 2. The number of carbonyl (C=O) groups is 4. The smallest absolute Gasteiger partial charge is 0.462 e. The summed E-state index contributed by atoms with van der Waals surface area (Å²) in [4.78, 5) is 73.4. The third-order valence-electron chi connectivity index (χ3n) is 21.3. The summed E-state index contributed by atoms with van der Waals surface area (Å²) in [6.07, 6.45) is 77.9. The number of phosphoric ester groups is 2. The van der Waals surface area contributed by atoms with E-state index in [0.717, 1.165) is 95.8 Å². The van der Waals surface area contributed by atoms with Gasteiger partial charge in [0.1, 0.15) is 19.3 Å². The van der Waals surface area contributed by atoms with Gasteiger partial charge in [0.15, 0.2) is 12.2 Å². The van der Waals surface area contributed by atoms with Crippen LogP contribution in [0.25, 0.3) is 0 Å². The van der Waals surface area contributed by atoms with Crippen LogP contribution in [-0.4, -0.2) is 96.7 Å². The molecule has 109 heavy (non-hydrogen) atoms. The molecular formula is C90H176O17P2. The normalized spacial score (nSPS) is 13.7. The maximum absolute atomic E-state index is 13.2. The molecule has 0 amide bonds. The zero-order valence-corrected chi connectivity index (χ0v) is 73.5. The molecule has 3 N–H and O–H groups in total. The van der Waals surface area contributed by atoms with Gasteiger partial charge in [0.05, 0.1) is 26.4 Å². The van der Waals surface area contributed by atoms with Crippen molar-refractivity contribution in [1.82, 2.24) is 0 Å². The molecule has 0 bridgehead atoms. The van der Waals surface area contributed by atoms with E-state index in [2.05, 4.69) is 34.6 Å². The van der Waals surface area contributed by atoms with Crippen LogP contribution in [0.5, 0.6) is 0 Å². The highest BCUT2D eigenvalue weighted by Gasteiger charge is 2.31. The molecule has 0 spiro atoms. The molecule has 0 radical (unpaired) electrons. The molecule has 648 valence electrons. The fourth-order valence-electron chi connectivity index (χ4n) is 14.2. The summed E-state index contributed by atoms with van der Waals surface area (Å²) in [7, 11) is -9.93. The Morgan fingerprint density at radius 3 is 0.624 bits per heavy atom. The summed E-state index contributed by atoms with van der Waals surface area (Å²) in [5, 5.41) is 10.7. The quantitative estimate of drug-likeness (QED) is 0.0222. The SMILES string of the molecule is CCCCCCCCCCCCCCCCCCCCCCCC(=O)OC[C@H](COP(=O)(O)OC[C@@H](O)COP(=O)(O)OC[C@@H](COC(=O)CCCCCCCCCCCCCC)OC(=O)CCCCCCCCCCCCCCC(C)C)OC(=O)CCCCCCCCCCCCCCCCCCCCCCC. The van der Waals surface area contributed by atoms with Crippen molar-refractivity contribution in [3.8, 4) is 0 Å². The number of aliphatic hydroxyl groups excluding tert-OH is 1. The molecule has 0 rings (SSSR count). The average molecular weight is 1590 g/mol. The molecule has 0 aromatic carbocycles. The van der Waals surface area contributed by atoms with E-state index in [4.69, 9.17) is 37.0 Å². The highest BCUT2D eigenvalue weighted by molar-refractivity contribution is 7.47. The Labute approximate surface area is 670 Å². The van der Waals surface area contributed by atoms with E-state index < -0.39 is 97.5 Å². The highest BCUT2D eigenvalue weighted by atomic mass is 31.2. The fourth-order valence-corrected chi connectivity index (χ4v) is 15.8. The first-order valence-corrected chi connectivity index (χ1v) is 49.6. The van der Waals surface area contributed by atoms with Crippen molar-refractivity contribution in [3.05, 3.63) is 0 Å². The van der Waals surface area contributed by atoms with Crippen molar-refractivity contribution >= 4 is 39.5 Å². The molecular weight excluding hydrogens is 1410 g/mol. The zero-order valence-electron chi connectivity index (χ0n) is 71.7. The predicted molar refractivity (Wildman–Crippen MR) is 451 cm³/mol. The summed E-state index contributed by atoms with van der Waals surface area (Å²) in [6, 6.07) is 0. The summed E-state index contributed by atoms with van der Waals surface area (Å²) < 4.78 is 69.0. The molecule has 0 heterocycles. The van der Waals surface area contributed by atoms with Gasteiger partial charge < -0.3 is 33.8 Å². The van der Waals surface area contributed by atoms with Crippen molar-refractivity contribution in [2.24, 2.45) is 5.92 Å². The van der Waals surface area contributed by atoms with Crippen LogP contribution in [0.2, 0.25) is 0 Å². The minimum absolute atomic E-state index is 0.108. The van der Waals surface area contributed by atoms with Gasteiger partial charge in [0.2, 0.25) is 0 Å². The van der Waals surface area contributed by atoms with Crippen molar-refractivity contribution < 1.29 is 80.2 Å². The number of carbonyl (C=O) groups excluding carboxylic acids is 4. The highest BCUT2D eigenvalue weighted by Crippen LogP contribution is 2.45. The topological polar surface area (TPSA) is 237 Å². The molecule has 2 unspecified atom stereocenters. The lowest BCUT2D eigenvalue weighted by Crippen LogP contribution is -2.30. The molecule has 5 atom stereocenters. The molecule has 0 fully saturated rings. The fraction of sp³-hybridized carbons (Fsp3) is 0.956. The second-order valence-electron chi connectivity index (χ2n) is 32.8. The first-order chi connectivity index (χ1) is 53.0. The lowest BCUT2D eigenvalue weighted by Gasteiger charge is -2.21. The van der Waals surface area contributed by atoms with E-state index >= 15 is 0 Å². The lowest BCUT2D eigenvalue weighted by atomic mass is 10.0. The Bertz CT molecular complexity index is 2070. The van der Waals surface area contributed by atoms with Gasteiger partial charge in [-0.2, -0.15) is 0 Å². The molecule has 0 saturated carbocycles. The maximum Gasteiger partial charge on any atom is 0.472 e. The second kappa shape index (κ2) is 82.6. The molecule has 19 heteroatoms. The standard InChI is InChI=1S/C90H176O17P2/c1-6-9-12-15-18-21-24-27-29-31-33-35-37-39-41-43-49-54-59-64-69-74-88(93)101-80-86(106-89(94)75-70-65-60-55-50-44-42-40-38-36-34-32-30-28-25-22-19-16-13-10-7-2)82-105-109(98,99)103-78-84(91)77-102-108(96,97)104-81-85(79-100-87(92)73-68-63-58-53-48-26-23-20-17-14-11-8-3)107-90(95)76-71-66-61-56-51-46-45-47-52-57-62-67-72-83(4)5/h83-86,91H,6-82H2,1-5H3,(H,96,97)(H,98,99)/t84-,85+,86+/m0/s1. The van der Waals surface area contributed by atoms with Crippen LogP contribution in [0, 0.1) is 5.92 Å². The molecule has 0 saturated heterocycles. The number of rotatable bonds is 90. The van der Waals surface area contributed by atoms with Gasteiger partial charge >= 0.3 is 39.5 Å². The number of hydrogen-bond acceptors (Lipinski definition) is 15. The third kappa shape index (κ3) is 83.8. The number of unbranched alkanes of at least 4 members (excludes halogenated alkanes) is 62. The van der Waals surface area contributed by atoms with Crippen LogP contribution in [0.4, 0.5) is 0 Å². The van der Waals surface area contributed by atoms with Crippen LogP contribution >= 0.6 is 15.6 Å². The van der Waals surface area contributed by atoms with Gasteiger partial charge in [-0.3, -0.25) is 37.3 Å². The monoisotopic (exact) mass is 1590 g/mol. The van der Waals surface area contributed by atoms with Gasteiger partial charge in [-0.1, -0.05) is 439 Å². The number of aliphatic hydroxyl groups is 1. The largest absolute Gasteiger partial charge is 0.472 e. The maximum atomic E-state index is 13.2. The van der Waals surface area contributed by atoms with E-state index in [1.165, 1.54) is 315 Å².